The fourth-order valence-corrected chi connectivity index (χ4v) is 1.84. The smallest absolute Gasteiger partial charge is 0.409 e. The number of amides is 1. The Labute approximate surface area is 126 Å². The number of likely N-dealkylation sites (N-methyl/N-ethyl adjacent to an activating group) is 1. The van der Waals surface area contributed by atoms with Crippen molar-refractivity contribution in [2.24, 2.45) is 0 Å². The molecule has 0 atom stereocenters. The highest BCUT2D eigenvalue weighted by Gasteiger charge is 2.15. The number of ether oxygens (including phenoxy) is 1. The Kier molecular flexibility index (Phi) is 4.95. The molecule has 0 aliphatic carbocycles. The standard InChI is InChI=1S/C14H17FN4O3/c1-19(2)3-4-22-13-5-10(9-7-16-17-8-9)11(15)6-12(13)18-14(20)21/h5-8,18H,3-4H2,1-2H3,(H,16,17)(H,20,21). The zero-order valence-corrected chi connectivity index (χ0v) is 12.3. The molecular weight excluding hydrogens is 291 g/mol. The van der Waals surface area contributed by atoms with Gasteiger partial charge in [0, 0.05) is 29.9 Å². The van der Waals surface area contributed by atoms with Crippen LogP contribution in [0.15, 0.2) is 24.5 Å². The van der Waals surface area contributed by atoms with Crippen molar-refractivity contribution in [1.82, 2.24) is 15.1 Å². The number of anilines is 1. The van der Waals surface area contributed by atoms with Crippen LogP contribution in [0.2, 0.25) is 0 Å². The van der Waals surface area contributed by atoms with Gasteiger partial charge in [-0.3, -0.25) is 10.4 Å². The molecule has 2 rings (SSSR count). The summed E-state index contributed by atoms with van der Waals surface area (Å²) in [4.78, 5) is 12.7. The topological polar surface area (TPSA) is 90.5 Å². The molecule has 0 bridgehead atoms. The van der Waals surface area contributed by atoms with Crippen LogP contribution in [0.5, 0.6) is 5.75 Å². The minimum Gasteiger partial charge on any atom is -0.490 e. The normalized spacial score (nSPS) is 10.7. The van der Waals surface area contributed by atoms with Crippen LogP contribution < -0.4 is 10.1 Å². The maximum absolute atomic E-state index is 14.2. The van der Waals surface area contributed by atoms with Crippen molar-refractivity contribution in [2.75, 3.05) is 32.6 Å². The second kappa shape index (κ2) is 6.90. The zero-order chi connectivity index (χ0) is 16.1. The molecule has 118 valence electrons. The molecule has 1 aromatic carbocycles. The number of aromatic nitrogens is 2. The Balaban J connectivity index is 2.32. The Hall–Kier alpha value is -2.61. The van der Waals surface area contributed by atoms with Crippen molar-refractivity contribution in [1.29, 1.82) is 0 Å². The SMILES string of the molecule is CN(C)CCOc1cc(-c2cn[nH]c2)c(F)cc1NC(=O)O. The quantitative estimate of drug-likeness (QED) is 0.761. The number of nitrogens with zero attached hydrogens (tertiary/aromatic N) is 2. The van der Waals surface area contributed by atoms with Crippen LogP contribution >= 0.6 is 0 Å². The summed E-state index contributed by atoms with van der Waals surface area (Å²) in [6, 6.07) is 2.56. The van der Waals surface area contributed by atoms with Gasteiger partial charge in [0.25, 0.3) is 0 Å². The summed E-state index contributed by atoms with van der Waals surface area (Å²) >= 11 is 0. The van der Waals surface area contributed by atoms with Crippen molar-refractivity contribution < 1.29 is 19.0 Å². The van der Waals surface area contributed by atoms with Crippen LogP contribution in [0.3, 0.4) is 0 Å². The number of rotatable bonds is 6. The first-order valence-corrected chi connectivity index (χ1v) is 6.57. The lowest BCUT2D eigenvalue weighted by Gasteiger charge is -2.15. The molecule has 0 saturated carbocycles. The number of carboxylic acid groups (broad SMARTS) is 1. The van der Waals surface area contributed by atoms with E-state index in [-0.39, 0.29) is 17.0 Å². The van der Waals surface area contributed by atoms with Crippen LogP contribution in [0.4, 0.5) is 14.9 Å². The van der Waals surface area contributed by atoms with Crippen LogP contribution in [0, 0.1) is 5.82 Å². The van der Waals surface area contributed by atoms with Crippen molar-refractivity contribution in [3.63, 3.8) is 0 Å². The lowest BCUT2D eigenvalue weighted by atomic mass is 10.1. The summed E-state index contributed by atoms with van der Waals surface area (Å²) in [5.74, 6) is -0.299. The summed E-state index contributed by atoms with van der Waals surface area (Å²) < 4.78 is 19.7. The molecule has 2 aromatic rings. The summed E-state index contributed by atoms with van der Waals surface area (Å²) in [5.41, 5.74) is 0.900. The minimum absolute atomic E-state index is 0.0657. The van der Waals surface area contributed by atoms with Crippen LogP contribution in [0.1, 0.15) is 0 Å². The molecule has 0 radical (unpaired) electrons. The molecule has 0 aliphatic heterocycles. The molecule has 0 aliphatic rings. The zero-order valence-electron chi connectivity index (χ0n) is 12.3. The third-order valence-corrected chi connectivity index (χ3v) is 2.92. The molecule has 0 saturated heterocycles. The van der Waals surface area contributed by atoms with E-state index in [1.807, 2.05) is 19.0 Å². The van der Waals surface area contributed by atoms with Crippen molar-refractivity contribution in [3.8, 4) is 16.9 Å². The van der Waals surface area contributed by atoms with Gasteiger partial charge in [0.05, 0.1) is 11.9 Å². The van der Waals surface area contributed by atoms with E-state index >= 15 is 0 Å². The second-order valence-electron chi connectivity index (χ2n) is 4.90. The largest absolute Gasteiger partial charge is 0.490 e. The van der Waals surface area contributed by atoms with Gasteiger partial charge in [-0.15, -0.1) is 0 Å². The molecule has 7 nitrogen and oxygen atoms in total. The average molecular weight is 308 g/mol. The maximum atomic E-state index is 14.2. The van der Waals surface area contributed by atoms with E-state index in [9.17, 15) is 9.18 Å². The van der Waals surface area contributed by atoms with Gasteiger partial charge < -0.3 is 14.7 Å². The molecule has 1 amide bonds. The van der Waals surface area contributed by atoms with Gasteiger partial charge in [-0.25, -0.2) is 9.18 Å². The summed E-state index contributed by atoms with van der Waals surface area (Å²) in [6.45, 7) is 0.989. The van der Waals surface area contributed by atoms with Crippen molar-refractivity contribution >= 4 is 11.8 Å². The molecule has 0 unspecified atom stereocenters. The number of halogens is 1. The van der Waals surface area contributed by atoms with E-state index in [4.69, 9.17) is 9.84 Å². The number of hydrogen-bond donors (Lipinski definition) is 3. The third-order valence-electron chi connectivity index (χ3n) is 2.92. The van der Waals surface area contributed by atoms with Gasteiger partial charge in [-0.05, 0) is 20.2 Å². The summed E-state index contributed by atoms with van der Waals surface area (Å²) in [6.07, 6.45) is 1.74. The fraction of sp³-hybridized carbons (Fsp3) is 0.286. The fourth-order valence-electron chi connectivity index (χ4n) is 1.84. The average Bonchev–Trinajstić information content (AvgIpc) is 2.93. The third kappa shape index (κ3) is 3.95. The minimum atomic E-state index is -1.28. The summed E-state index contributed by atoms with van der Waals surface area (Å²) in [5, 5.41) is 17.4. The van der Waals surface area contributed by atoms with Crippen LogP contribution in [0.25, 0.3) is 11.1 Å². The molecule has 22 heavy (non-hydrogen) atoms. The lowest BCUT2D eigenvalue weighted by Crippen LogP contribution is -2.20. The highest BCUT2D eigenvalue weighted by atomic mass is 19.1. The Morgan fingerprint density at radius 1 is 1.50 bits per heavy atom. The molecule has 1 heterocycles. The first-order chi connectivity index (χ1) is 10.5. The highest BCUT2D eigenvalue weighted by molar-refractivity contribution is 5.86. The Bertz CT molecular complexity index is 644. The van der Waals surface area contributed by atoms with Crippen LogP contribution in [-0.4, -0.2) is 53.5 Å². The van der Waals surface area contributed by atoms with Crippen LogP contribution in [-0.2, 0) is 0 Å². The summed E-state index contributed by atoms with van der Waals surface area (Å²) in [7, 11) is 3.78. The number of aromatic amines is 1. The van der Waals surface area contributed by atoms with E-state index < -0.39 is 11.9 Å². The molecule has 8 heteroatoms. The molecule has 0 spiro atoms. The van der Waals surface area contributed by atoms with Gasteiger partial charge in [0.2, 0.25) is 0 Å². The first kappa shape index (κ1) is 15.8. The van der Waals surface area contributed by atoms with Gasteiger partial charge in [0.1, 0.15) is 18.2 Å². The van der Waals surface area contributed by atoms with E-state index in [1.165, 1.54) is 12.3 Å². The highest BCUT2D eigenvalue weighted by Crippen LogP contribution is 2.33. The lowest BCUT2D eigenvalue weighted by molar-refractivity contribution is 0.209. The Morgan fingerprint density at radius 2 is 2.27 bits per heavy atom. The predicted octanol–water partition coefficient (Wildman–Crippen LogP) is 2.25. The molecule has 0 fully saturated rings. The Morgan fingerprint density at radius 3 is 2.86 bits per heavy atom. The number of H-pyrrole nitrogens is 1. The van der Waals surface area contributed by atoms with Gasteiger partial charge >= 0.3 is 6.09 Å². The van der Waals surface area contributed by atoms with Crippen molar-refractivity contribution in [3.05, 3.63) is 30.3 Å². The van der Waals surface area contributed by atoms with Gasteiger partial charge in [-0.2, -0.15) is 5.10 Å². The number of benzene rings is 1. The van der Waals surface area contributed by atoms with E-state index in [1.54, 1.807) is 6.20 Å². The first-order valence-electron chi connectivity index (χ1n) is 6.57. The monoisotopic (exact) mass is 308 g/mol. The van der Waals surface area contributed by atoms with E-state index in [0.29, 0.717) is 18.7 Å². The van der Waals surface area contributed by atoms with E-state index in [2.05, 4.69) is 15.5 Å². The molecule has 1 aromatic heterocycles. The van der Waals surface area contributed by atoms with Crippen molar-refractivity contribution in [2.45, 2.75) is 0 Å². The number of nitrogens with one attached hydrogen (secondary N) is 2. The molecular formula is C14H17FN4O3. The second-order valence-corrected chi connectivity index (χ2v) is 4.90. The predicted molar refractivity (Wildman–Crippen MR) is 79.7 cm³/mol. The van der Waals surface area contributed by atoms with Gasteiger partial charge in [-0.1, -0.05) is 0 Å². The maximum Gasteiger partial charge on any atom is 0.409 e. The number of carbonyl (C=O) groups is 1. The van der Waals surface area contributed by atoms with Gasteiger partial charge in [0.15, 0.2) is 0 Å². The van der Waals surface area contributed by atoms with E-state index in [0.717, 1.165) is 6.07 Å². The number of hydrogen-bond acceptors (Lipinski definition) is 4. The molecule has 3 N–H and O–H groups in total.